The van der Waals surface area contributed by atoms with Crippen LogP contribution in [0.1, 0.15) is 0 Å². The molecule has 6 N–H and O–H groups in total. The summed E-state index contributed by atoms with van der Waals surface area (Å²) in [5.41, 5.74) is 13.3. The average Bonchev–Trinajstić information content (AvgIpc) is 2.23. The third-order valence-electron chi connectivity index (χ3n) is 1.90. The Morgan fingerprint density at radius 3 is 2.67 bits per heavy atom. The molecular formula is C10H17N3O2. The van der Waals surface area contributed by atoms with Gasteiger partial charge in [-0.3, -0.25) is 0 Å². The van der Waals surface area contributed by atoms with Crippen molar-refractivity contribution >= 4 is 17.1 Å². The first-order chi connectivity index (χ1) is 7.24. The van der Waals surface area contributed by atoms with Crippen molar-refractivity contribution in [2.75, 3.05) is 43.1 Å². The number of anilines is 3. The second-order valence-corrected chi connectivity index (χ2v) is 3.11. The van der Waals surface area contributed by atoms with Crippen molar-refractivity contribution in [3.8, 4) is 0 Å². The van der Waals surface area contributed by atoms with Crippen LogP contribution in [0.25, 0.3) is 0 Å². The number of benzene rings is 1. The van der Waals surface area contributed by atoms with Gasteiger partial charge in [-0.25, -0.2) is 0 Å². The molecule has 0 aliphatic heterocycles. The fourth-order valence-corrected chi connectivity index (χ4v) is 1.12. The standard InChI is InChI=1S/C10H17N3O2/c11-9-2-1-8(7-10(9)12)13-3-5-15-6-4-14/h1-2,7,13-14H,3-6,11-12H2. The second-order valence-electron chi connectivity index (χ2n) is 3.11. The van der Waals surface area contributed by atoms with Gasteiger partial charge in [0.2, 0.25) is 0 Å². The molecule has 1 aromatic carbocycles. The van der Waals surface area contributed by atoms with Crippen LogP contribution in [0.15, 0.2) is 18.2 Å². The van der Waals surface area contributed by atoms with Crippen LogP contribution >= 0.6 is 0 Å². The van der Waals surface area contributed by atoms with Gasteiger partial charge in [0, 0.05) is 12.2 Å². The minimum atomic E-state index is 0.0504. The highest BCUT2D eigenvalue weighted by Gasteiger charge is 1.96. The Balaban J connectivity index is 2.28. The number of ether oxygens (including phenoxy) is 1. The first-order valence-corrected chi connectivity index (χ1v) is 4.81. The zero-order chi connectivity index (χ0) is 11.1. The Morgan fingerprint density at radius 1 is 1.20 bits per heavy atom. The van der Waals surface area contributed by atoms with Crippen LogP contribution in [0, 0.1) is 0 Å². The molecule has 0 unspecified atom stereocenters. The summed E-state index contributed by atoms with van der Waals surface area (Å²) in [7, 11) is 0. The zero-order valence-electron chi connectivity index (χ0n) is 8.57. The minimum absolute atomic E-state index is 0.0504. The molecule has 1 aromatic rings. The number of hydrogen-bond acceptors (Lipinski definition) is 5. The summed E-state index contributed by atoms with van der Waals surface area (Å²) in [6.45, 7) is 1.63. The second kappa shape index (κ2) is 6.10. The molecule has 0 spiro atoms. The Labute approximate surface area is 89.0 Å². The molecule has 0 saturated heterocycles. The Bertz CT molecular complexity index is 305. The van der Waals surface area contributed by atoms with Gasteiger partial charge in [-0.05, 0) is 18.2 Å². The molecular weight excluding hydrogens is 194 g/mol. The van der Waals surface area contributed by atoms with Crippen molar-refractivity contribution in [3.05, 3.63) is 18.2 Å². The molecule has 0 fully saturated rings. The predicted octanol–water partition coefficient (Wildman–Crippen LogP) is 0.272. The molecule has 0 saturated carbocycles. The summed E-state index contributed by atoms with van der Waals surface area (Å²) in [6, 6.07) is 5.39. The Hall–Kier alpha value is -1.46. The molecule has 15 heavy (non-hydrogen) atoms. The fourth-order valence-electron chi connectivity index (χ4n) is 1.12. The first kappa shape index (κ1) is 11.6. The lowest BCUT2D eigenvalue weighted by Gasteiger charge is -2.08. The maximum Gasteiger partial charge on any atom is 0.0698 e. The van der Waals surface area contributed by atoms with E-state index in [0.717, 1.165) is 5.69 Å². The van der Waals surface area contributed by atoms with E-state index in [1.807, 2.05) is 6.07 Å². The van der Waals surface area contributed by atoms with E-state index in [1.54, 1.807) is 12.1 Å². The largest absolute Gasteiger partial charge is 0.397 e. The van der Waals surface area contributed by atoms with Crippen LogP contribution in [0.4, 0.5) is 17.1 Å². The van der Waals surface area contributed by atoms with Crippen molar-refractivity contribution in [1.29, 1.82) is 0 Å². The number of hydrogen-bond donors (Lipinski definition) is 4. The molecule has 84 valence electrons. The molecule has 0 aromatic heterocycles. The van der Waals surface area contributed by atoms with Crippen LogP contribution < -0.4 is 16.8 Å². The number of nitrogens with one attached hydrogen (secondary N) is 1. The number of rotatable bonds is 6. The Morgan fingerprint density at radius 2 is 2.00 bits per heavy atom. The summed E-state index contributed by atoms with van der Waals surface area (Å²) in [5.74, 6) is 0. The van der Waals surface area contributed by atoms with Gasteiger partial charge >= 0.3 is 0 Å². The molecule has 5 heteroatoms. The topological polar surface area (TPSA) is 93.5 Å². The van der Waals surface area contributed by atoms with Gasteiger partial charge in [-0.1, -0.05) is 0 Å². The minimum Gasteiger partial charge on any atom is -0.397 e. The highest BCUT2D eigenvalue weighted by atomic mass is 16.5. The highest BCUT2D eigenvalue weighted by Crippen LogP contribution is 2.19. The van der Waals surface area contributed by atoms with Crippen molar-refractivity contribution in [1.82, 2.24) is 0 Å². The van der Waals surface area contributed by atoms with Crippen molar-refractivity contribution < 1.29 is 9.84 Å². The molecule has 0 amide bonds. The van der Waals surface area contributed by atoms with E-state index in [2.05, 4.69) is 5.32 Å². The summed E-state index contributed by atoms with van der Waals surface area (Å²) >= 11 is 0. The average molecular weight is 211 g/mol. The Kier molecular flexibility index (Phi) is 4.73. The first-order valence-electron chi connectivity index (χ1n) is 4.81. The van der Waals surface area contributed by atoms with E-state index in [0.29, 0.717) is 31.1 Å². The molecule has 1 rings (SSSR count). The lowest BCUT2D eigenvalue weighted by molar-refractivity contribution is 0.0992. The lowest BCUT2D eigenvalue weighted by atomic mass is 10.2. The third kappa shape index (κ3) is 4.05. The van der Waals surface area contributed by atoms with Crippen molar-refractivity contribution in [2.45, 2.75) is 0 Å². The van der Waals surface area contributed by atoms with Crippen molar-refractivity contribution in [3.63, 3.8) is 0 Å². The molecule has 5 nitrogen and oxygen atoms in total. The summed E-state index contributed by atoms with van der Waals surface area (Å²) in [4.78, 5) is 0. The normalized spacial score (nSPS) is 10.2. The van der Waals surface area contributed by atoms with E-state index in [-0.39, 0.29) is 6.61 Å². The van der Waals surface area contributed by atoms with Gasteiger partial charge in [0.1, 0.15) is 0 Å². The third-order valence-corrected chi connectivity index (χ3v) is 1.90. The molecule has 0 aliphatic carbocycles. The zero-order valence-corrected chi connectivity index (χ0v) is 8.57. The highest BCUT2D eigenvalue weighted by molar-refractivity contribution is 5.69. The van der Waals surface area contributed by atoms with E-state index in [1.165, 1.54) is 0 Å². The predicted molar refractivity (Wildman–Crippen MR) is 61.7 cm³/mol. The summed E-state index contributed by atoms with van der Waals surface area (Å²) in [6.07, 6.45) is 0. The molecule has 0 heterocycles. The van der Waals surface area contributed by atoms with Crippen LogP contribution in [-0.2, 0) is 4.74 Å². The monoisotopic (exact) mass is 211 g/mol. The van der Waals surface area contributed by atoms with E-state index >= 15 is 0 Å². The fraction of sp³-hybridized carbons (Fsp3) is 0.400. The number of aliphatic hydroxyl groups is 1. The van der Waals surface area contributed by atoms with Crippen LogP contribution in [0.3, 0.4) is 0 Å². The SMILES string of the molecule is Nc1ccc(NCCOCCO)cc1N. The van der Waals surface area contributed by atoms with Gasteiger partial charge in [0.05, 0.1) is 31.2 Å². The molecule has 0 bridgehead atoms. The molecule has 0 aliphatic rings. The van der Waals surface area contributed by atoms with E-state index < -0.39 is 0 Å². The van der Waals surface area contributed by atoms with E-state index in [4.69, 9.17) is 21.3 Å². The molecule has 0 atom stereocenters. The number of nitrogen functional groups attached to an aromatic ring is 2. The number of nitrogens with two attached hydrogens (primary N) is 2. The van der Waals surface area contributed by atoms with Crippen LogP contribution in [0.5, 0.6) is 0 Å². The van der Waals surface area contributed by atoms with Crippen LogP contribution in [0.2, 0.25) is 0 Å². The molecule has 0 radical (unpaired) electrons. The van der Waals surface area contributed by atoms with Gasteiger partial charge in [0.25, 0.3) is 0 Å². The van der Waals surface area contributed by atoms with E-state index in [9.17, 15) is 0 Å². The maximum atomic E-state index is 8.47. The lowest BCUT2D eigenvalue weighted by Crippen LogP contribution is -2.11. The van der Waals surface area contributed by atoms with Gasteiger partial charge in [-0.15, -0.1) is 0 Å². The quantitative estimate of drug-likeness (QED) is 0.400. The summed E-state index contributed by atoms with van der Waals surface area (Å²) in [5, 5.41) is 11.6. The smallest absolute Gasteiger partial charge is 0.0698 e. The summed E-state index contributed by atoms with van der Waals surface area (Å²) < 4.78 is 5.09. The van der Waals surface area contributed by atoms with Gasteiger partial charge in [0.15, 0.2) is 0 Å². The van der Waals surface area contributed by atoms with Gasteiger partial charge in [-0.2, -0.15) is 0 Å². The van der Waals surface area contributed by atoms with Gasteiger partial charge < -0.3 is 26.6 Å². The van der Waals surface area contributed by atoms with Crippen molar-refractivity contribution in [2.24, 2.45) is 0 Å². The maximum absolute atomic E-state index is 8.47. The van der Waals surface area contributed by atoms with Crippen LogP contribution in [-0.4, -0.2) is 31.5 Å². The number of aliphatic hydroxyl groups excluding tert-OH is 1.